The van der Waals surface area contributed by atoms with Crippen LogP contribution in [0.15, 0.2) is 56.0 Å². The van der Waals surface area contributed by atoms with Gasteiger partial charge in [0.25, 0.3) is 0 Å². The van der Waals surface area contributed by atoms with Gasteiger partial charge < -0.3 is 9.47 Å². The van der Waals surface area contributed by atoms with Crippen LogP contribution in [-0.4, -0.2) is 19.0 Å². The number of nitrogens with zero attached hydrogens (tertiary/aromatic N) is 1. The fraction of sp³-hybridized carbons (Fsp3) is 0.0588. The average molecular weight is 563 g/mol. The van der Waals surface area contributed by atoms with Gasteiger partial charge in [-0.1, -0.05) is 6.07 Å². The van der Waals surface area contributed by atoms with Crippen LogP contribution < -0.4 is 4.74 Å². The Kier molecular flexibility index (Phi) is 5.41. The van der Waals surface area contributed by atoms with Crippen LogP contribution in [-0.2, 0) is 9.53 Å². The number of carbonyl (C=O) groups is 1. The minimum atomic E-state index is -0.466. The Balaban J connectivity index is 1.93. The number of rotatable bonds is 3. The van der Waals surface area contributed by atoms with Gasteiger partial charge in [-0.3, -0.25) is 0 Å². The number of carbonyl (C=O) groups excluding carboxylic acids is 1. The van der Waals surface area contributed by atoms with Crippen molar-refractivity contribution in [3.8, 4) is 5.75 Å². The molecule has 0 saturated carbocycles. The van der Waals surface area contributed by atoms with E-state index in [2.05, 4.69) is 59.4 Å². The Morgan fingerprint density at radius 3 is 2.62 bits per heavy atom. The van der Waals surface area contributed by atoms with E-state index < -0.39 is 5.97 Å². The first-order chi connectivity index (χ1) is 11.5. The normalized spacial score (nSPS) is 15.4. The molecule has 4 nitrogen and oxygen atoms in total. The molecule has 7 heteroatoms. The van der Waals surface area contributed by atoms with Gasteiger partial charge in [0.1, 0.15) is 5.75 Å². The van der Waals surface area contributed by atoms with Crippen molar-refractivity contribution in [1.82, 2.24) is 0 Å². The molecule has 0 N–H and O–H groups in total. The molecule has 0 spiro atoms. The number of cyclic esters (lactones) is 1. The van der Waals surface area contributed by atoms with Crippen molar-refractivity contribution in [1.29, 1.82) is 0 Å². The number of benzene rings is 2. The Bertz CT molecular complexity index is 893. The van der Waals surface area contributed by atoms with Crippen LogP contribution in [0.5, 0.6) is 5.75 Å². The number of methoxy groups -OCH3 is 1. The van der Waals surface area contributed by atoms with Gasteiger partial charge in [-0.05, 0) is 96.4 Å². The summed E-state index contributed by atoms with van der Waals surface area (Å²) < 4.78 is 13.3. The maximum absolute atomic E-state index is 12.1. The predicted molar refractivity (Wildman–Crippen MR) is 108 cm³/mol. The van der Waals surface area contributed by atoms with Gasteiger partial charge in [-0.2, -0.15) is 0 Å². The van der Waals surface area contributed by atoms with Crippen molar-refractivity contribution in [2.45, 2.75) is 0 Å². The summed E-state index contributed by atoms with van der Waals surface area (Å²) >= 11 is 9.10. The molecule has 0 unspecified atom stereocenters. The number of ether oxygens (including phenoxy) is 2. The van der Waals surface area contributed by atoms with Crippen LogP contribution in [0.25, 0.3) is 6.08 Å². The fourth-order valence-corrected chi connectivity index (χ4v) is 3.36. The first-order valence-corrected chi connectivity index (χ1v) is 9.46. The molecular formula is C17H10Br2INO3. The van der Waals surface area contributed by atoms with Crippen LogP contribution in [0.1, 0.15) is 11.1 Å². The van der Waals surface area contributed by atoms with E-state index in [1.807, 2.05) is 36.4 Å². The molecule has 0 atom stereocenters. The molecule has 3 rings (SSSR count). The van der Waals surface area contributed by atoms with Gasteiger partial charge in [0.05, 0.1) is 11.6 Å². The molecule has 24 heavy (non-hydrogen) atoms. The summed E-state index contributed by atoms with van der Waals surface area (Å²) in [4.78, 5) is 16.4. The highest BCUT2D eigenvalue weighted by atomic mass is 127. The molecule has 1 aliphatic rings. The Labute approximate surface area is 169 Å². The molecule has 0 fully saturated rings. The first kappa shape index (κ1) is 17.6. The predicted octanol–water partition coefficient (Wildman–Crippen LogP) is 5.17. The molecule has 0 saturated heterocycles. The lowest BCUT2D eigenvalue weighted by Crippen LogP contribution is -2.05. The average Bonchev–Trinajstić information content (AvgIpc) is 2.91. The van der Waals surface area contributed by atoms with Crippen LogP contribution in [0, 0.1) is 3.57 Å². The Morgan fingerprint density at radius 2 is 1.96 bits per heavy atom. The van der Waals surface area contributed by atoms with Gasteiger partial charge in [0, 0.05) is 13.6 Å². The zero-order chi connectivity index (χ0) is 17.3. The van der Waals surface area contributed by atoms with Crippen molar-refractivity contribution < 1.29 is 14.3 Å². The molecule has 1 heterocycles. The molecule has 0 amide bonds. The zero-order valence-corrected chi connectivity index (χ0v) is 17.7. The molecule has 2 aromatic rings. The number of hydrogen-bond donors (Lipinski definition) is 0. The van der Waals surface area contributed by atoms with Gasteiger partial charge in [-0.15, -0.1) is 0 Å². The third-order valence-corrected chi connectivity index (χ3v) is 6.22. The topological polar surface area (TPSA) is 47.9 Å². The molecule has 0 aliphatic carbocycles. The Hall–Kier alpha value is -1.19. The van der Waals surface area contributed by atoms with E-state index in [-0.39, 0.29) is 5.70 Å². The van der Waals surface area contributed by atoms with Crippen molar-refractivity contribution >= 4 is 72.4 Å². The second kappa shape index (κ2) is 7.37. The first-order valence-electron chi connectivity index (χ1n) is 6.79. The lowest BCUT2D eigenvalue weighted by Gasteiger charge is -2.03. The number of halogens is 3. The van der Waals surface area contributed by atoms with Crippen LogP contribution >= 0.6 is 54.5 Å². The van der Waals surface area contributed by atoms with Crippen LogP contribution in [0.4, 0.5) is 0 Å². The van der Waals surface area contributed by atoms with Crippen molar-refractivity contribution in [2.24, 2.45) is 4.99 Å². The van der Waals surface area contributed by atoms with Crippen molar-refractivity contribution in [2.75, 3.05) is 7.11 Å². The van der Waals surface area contributed by atoms with E-state index in [4.69, 9.17) is 9.47 Å². The molecular weight excluding hydrogens is 553 g/mol. The molecule has 0 bridgehead atoms. The lowest BCUT2D eigenvalue weighted by atomic mass is 10.2. The molecule has 0 radical (unpaired) electrons. The minimum absolute atomic E-state index is 0.261. The molecule has 2 aromatic carbocycles. The summed E-state index contributed by atoms with van der Waals surface area (Å²) in [6, 6.07) is 11.2. The molecule has 1 aliphatic heterocycles. The summed E-state index contributed by atoms with van der Waals surface area (Å²) in [5, 5.41) is 0. The quantitative estimate of drug-likeness (QED) is 0.295. The second-order valence-electron chi connectivity index (χ2n) is 4.86. The second-order valence-corrected chi connectivity index (χ2v) is 7.73. The highest BCUT2D eigenvalue weighted by molar-refractivity contribution is 14.1. The number of aliphatic imine (C=N–C) groups is 1. The lowest BCUT2D eigenvalue weighted by molar-refractivity contribution is -0.129. The minimum Gasteiger partial charge on any atom is -0.496 e. The SMILES string of the molecule is COc1ccc(/C=C2\N=C(c3ccc(I)c(Br)c3)OC2=O)cc1Br. The van der Waals surface area contributed by atoms with Crippen molar-refractivity contribution in [3.05, 3.63) is 65.7 Å². The van der Waals surface area contributed by atoms with E-state index in [1.165, 1.54) is 0 Å². The number of hydrogen-bond acceptors (Lipinski definition) is 4. The van der Waals surface area contributed by atoms with Gasteiger partial charge in [-0.25, -0.2) is 9.79 Å². The molecule has 0 aromatic heterocycles. The highest BCUT2D eigenvalue weighted by Gasteiger charge is 2.24. The summed E-state index contributed by atoms with van der Waals surface area (Å²) in [6.07, 6.45) is 1.68. The van der Waals surface area contributed by atoms with E-state index in [1.54, 1.807) is 13.2 Å². The van der Waals surface area contributed by atoms with Gasteiger partial charge in [0.2, 0.25) is 5.90 Å². The highest BCUT2D eigenvalue weighted by Crippen LogP contribution is 2.28. The maximum Gasteiger partial charge on any atom is 0.363 e. The third-order valence-electron chi connectivity index (χ3n) is 3.27. The molecule has 122 valence electrons. The van der Waals surface area contributed by atoms with Crippen molar-refractivity contribution in [3.63, 3.8) is 0 Å². The van der Waals surface area contributed by atoms with E-state index in [0.29, 0.717) is 5.90 Å². The van der Waals surface area contributed by atoms with E-state index >= 15 is 0 Å². The Morgan fingerprint density at radius 1 is 1.17 bits per heavy atom. The van der Waals surface area contributed by atoms with Crippen LogP contribution in [0.3, 0.4) is 0 Å². The third kappa shape index (κ3) is 3.73. The smallest absolute Gasteiger partial charge is 0.363 e. The zero-order valence-electron chi connectivity index (χ0n) is 12.3. The van der Waals surface area contributed by atoms with Gasteiger partial charge >= 0.3 is 5.97 Å². The van der Waals surface area contributed by atoms with E-state index in [9.17, 15) is 4.79 Å². The standard InChI is InChI=1S/C17H10Br2INO3/c1-23-15-5-2-9(6-12(15)19)7-14-17(22)24-16(21-14)10-3-4-13(20)11(18)8-10/h2-8H,1H3/b14-7-. The summed E-state index contributed by atoms with van der Waals surface area (Å²) in [5.74, 6) is 0.557. The summed E-state index contributed by atoms with van der Waals surface area (Å²) in [6.45, 7) is 0. The maximum atomic E-state index is 12.1. The summed E-state index contributed by atoms with van der Waals surface area (Å²) in [5.41, 5.74) is 1.83. The number of esters is 1. The monoisotopic (exact) mass is 561 g/mol. The largest absolute Gasteiger partial charge is 0.496 e. The van der Waals surface area contributed by atoms with Crippen LogP contribution in [0.2, 0.25) is 0 Å². The summed E-state index contributed by atoms with van der Waals surface area (Å²) in [7, 11) is 1.60. The van der Waals surface area contributed by atoms with Gasteiger partial charge in [0.15, 0.2) is 5.70 Å². The fourth-order valence-electron chi connectivity index (χ4n) is 2.09. The van der Waals surface area contributed by atoms with E-state index in [0.717, 1.165) is 29.4 Å².